The monoisotopic (exact) mass is 628 g/mol. The molecule has 1 saturated carbocycles. The summed E-state index contributed by atoms with van der Waals surface area (Å²) >= 11 is 1.99. The Morgan fingerprint density at radius 1 is 1.03 bits per heavy atom. The average molecular weight is 628 g/mol. The molecule has 0 spiro atoms. The number of rotatable bonds is 3. The second-order valence-electron chi connectivity index (χ2n) is 10.5. The van der Waals surface area contributed by atoms with Crippen molar-refractivity contribution in [2.45, 2.75) is 25.7 Å². The third-order valence-electron chi connectivity index (χ3n) is 8.87. The standard InChI is InChI=1S/C28H25IN2O7/c1-28-18(25(34)30(27(28)36)14-6-4-3-5-7-14)12-17-15(8-9-16-21(17)26(35)31(37)24(16)33)22(28)13-10-19(29)23(32)20(11-13)38-2/h3-8,10-11,16-18,21-22,32,37H,9,12H2,1-2H3. The second-order valence-corrected chi connectivity index (χ2v) is 11.7. The van der Waals surface area contributed by atoms with Gasteiger partial charge in [0.05, 0.1) is 39.5 Å². The van der Waals surface area contributed by atoms with Crippen molar-refractivity contribution in [3.63, 3.8) is 0 Å². The molecule has 3 fully saturated rings. The molecule has 6 rings (SSSR count). The number of carbonyl (C=O) groups excluding carboxylic acids is 4. The lowest BCUT2D eigenvalue weighted by Gasteiger charge is -2.49. The zero-order valence-electron chi connectivity index (χ0n) is 20.6. The van der Waals surface area contributed by atoms with Crippen LogP contribution in [0.5, 0.6) is 11.5 Å². The highest BCUT2D eigenvalue weighted by Crippen LogP contribution is 2.64. The number of ether oxygens (including phenoxy) is 1. The van der Waals surface area contributed by atoms with Crippen molar-refractivity contribution in [3.8, 4) is 11.5 Å². The van der Waals surface area contributed by atoms with Crippen molar-refractivity contribution in [1.29, 1.82) is 0 Å². The number of fused-ring (bicyclic) bond motifs is 4. The van der Waals surface area contributed by atoms with E-state index in [9.17, 15) is 29.5 Å². The maximum absolute atomic E-state index is 14.3. The largest absolute Gasteiger partial charge is 0.504 e. The van der Waals surface area contributed by atoms with Gasteiger partial charge in [0.1, 0.15) is 0 Å². The van der Waals surface area contributed by atoms with Gasteiger partial charge in [-0.1, -0.05) is 29.8 Å². The summed E-state index contributed by atoms with van der Waals surface area (Å²) in [5.41, 5.74) is 0.733. The van der Waals surface area contributed by atoms with Gasteiger partial charge in [-0.3, -0.25) is 24.4 Å². The number of nitrogens with zero attached hydrogens (tertiary/aromatic N) is 2. The number of amides is 4. The molecule has 196 valence electrons. The number of hydrogen-bond donors (Lipinski definition) is 2. The molecule has 2 aliphatic heterocycles. The third kappa shape index (κ3) is 3.19. The molecule has 2 N–H and O–H groups in total. The van der Waals surface area contributed by atoms with Crippen LogP contribution in [0.15, 0.2) is 54.1 Å². The SMILES string of the molecule is COc1cc(C2C3=CCC4C(=O)N(O)C(=O)C4C3CC3C(=O)N(c4ccccc4)C(=O)C32C)cc(I)c1O. The number of hydroxylamine groups is 2. The van der Waals surface area contributed by atoms with E-state index >= 15 is 0 Å². The summed E-state index contributed by atoms with van der Waals surface area (Å²) in [6, 6.07) is 12.2. The number of phenolic OH excluding ortho intramolecular Hbond substituents is 1. The van der Waals surface area contributed by atoms with Crippen molar-refractivity contribution in [1.82, 2.24) is 5.06 Å². The van der Waals surface area contributed by atoms with E-state index in [-0.39, 0.29) is 41.2 Å². The Kier molecular flexibility index (Phi) is 5.69. The van der Waals surface area contributed by atoms with Crippen LogP contribution in [-0.2, 0) is 19.2 Å². The number of anilines is 1. The molecule has 2 saturated heterocycles. The lowest BCUT2D eigenvalue weighted by molar-refractivity contribution is -0.173. The molecule has 10 heteroatoms. The van der Waals surface area contributed by atoms with Gasteiger partial charge in [-0.2, -0.15) is 5.06 Å². The normalized spacial score (nSPS) is 32.2. The van der Waals surface area contributed by atoms with Crippen LogP contribution in [0.2, 0.25) is 0 Å². The predicted molar refractivity (Wildman–Crippen MR) is 142 cm³/mol. The molecule has 2 aliphatic carbocycles. The van der Waals surface area contributed by atoms with Crippen LogP contribution in [0.25, 0.3) is 0 Å². The molecule has 6 atom stereocenters. The summed E-state index contributed by atoms with van der Waals surface area (Å²) in [5.74, 6) is -5.25. The number of benzene rings is 2. The number of methoxy groups -OCH3 is 1. The Bertz CT molecular complexity index is 1440. The smallest absolute Gasteiger partial charge is 0.257 e. The maximum atomic E-state index is 14.3. The van der Waals surface area contributed by atoms with Gasteiger partial charge in [-0.05, 0) is 78.1 Å². The van der Waals surface area contributed by atoms with Crippen molar-refractivity contribution in [2.75, 3.05) is 12.0 Å². The van der Waals surface area contributed by atoms with Gasteiger partial charge in [-0.15, -0.1) is 0 Å². The number of allylic oxidation sites excluding steroid dienone is 2. The minimum atomic E-state index is -1.20. The van der Waals surface area contributed by atoms with Crippen LogP contribution in [0.1, 0.15) is 31.2 Å². The lowest BCUT2D eigenvalue weighted by Crippen LogP contribution is -2.48. The fourth-order valence-corrected chi connectivity index (χ4v) is 7.74. The van der Waals surface area contributed by atoms with E-state index in [2.05, 4.69) is 0 Å². The molecule has 2 aromatic rings. The van der Waals surface area contributed by atoms with Crippen LogP contribution in [0.4, 0.5) is 5.69 Å². The number of hydrogen-bond acceptors (Lipinski definition) is 7. The Labute approximate surface area is 232 Å². The molecule has 0 bridgehead atoms. The van der Waals surface area contributed by atoms with Crippen molar-refractivity contribution in [3.05, 3.63) is 63.2 Å². The van der Waals surface area contributed by atoms with Gasteiger partial charge < -0.3 is 9.84 Å². The zero-order chi connectivity index (χ0) is 27.1. The Morgan fingerprint density at radius 3 is 2.42 bits per heavy atom. The topological polar surface area (TPSA) is 124 Å². The average Bonchev–Trinajstić information content (AvgIpc) is 3.25. The van der Waals surface area contributed by atoms with Crippen LogP contribution >= 0.6 is 22.6 Å². The van der Waals surface area contributed by atoms with Gasteiger partial charge >= 0.3 is 0 Å². The lowest BCUT2D eigenvalue weighted by atomic mass is 9.51. The summed E-state index contributed by atoms with van der Waals surface area (Å²) < 4.78 is 5.93. The summed E-state index contributed by atoms with van der Waals surface area (Å²) in [5, 5.41) is 20.9. The molecule has 2 heterocycles. The minimum Gasteiger partial charge on any atom is -0.504 e. The van der Waals surface area contributed by atoms with Crippen LogP contribution in [0.3, 0.4) is 0 Å². The molecule has 4 amide bonds. The van der Waals surface area contributed by atoms with Crippen LogP contribution < -0.4 is 9.64 Å². The molecule has 38 heavy (non-hydrogen) atoms. The number of carbonyl (C=O) groups is 4. The fraction of sp³-hybridized carbons (Fsp3) is 0.357. The molecule has 0 aromatic heterocycles. The highest BCUT2D eigenvalue weighted by atomic mass is 127. The van der Waals surface area contributed by atoms with Crippen molar-refractivity contribution in [2.24, 2.45) is 29.1 Å². The minimum absolute atomic E-state index is 0.0316. The van der Waals surface area contributed by atoms with Gasteiger partial charge in [0.2, 0.25) is 11.8 Å². The van der Waals surface area contributed by atoms with E-state index in [0.717, 1.165) is 5.57 Å². The van der Waals surface area contributed by atoms with Gasteiger partial charge in [0.25, 0.3) is 11.8 Å². The van der Waals surface area contributed by atoms with Crippen molar-refractivity contribution >= 4 is 51.9 Å². The number of imide groups is 2. The zero-order valence-corrected chi connectivity index (χ0v) is 22.8. The predicted octanol–water partition coefficient (Wildman–Crippen LogP) is 3.63. The Hall–Kier alpha value is -3.25. The van der Waals surface area contributed by atoms with Crippen molar-refractivity contribution < 1.29 is 34.2 Å². The molecule has 4 aliphatic rings. The quantitative estimate of drug-likeness (QED) is 0.230. The first kappa shape index (κ1) is 25.1. The highest BCUT2D eigenvalue weighted by molar-refractivity contribution is 14.1. The van der Waals surface area contributed by atoms with Crippen LogP contribution in [0, 0.1) is 32.7 Å². The Morgan fingerprint density at radius 2 is 1.74 bits per heavy atom. The number of aromatic hydroxyl groups is 1. The summed E-state index contributed by atoms with van der Waals surface area (Å²) in [6.45, 7) is 1.79. The van der Waals surface area contributed by atoms with Gasteiger partial charge in [-0.25, -0.2) is 4.90 Å². The highest BCUT2D eigenvalue weighted by Gasteiger charge is 2.67. The molecule has 2 aromatic carbocycles. The summed E-state index contributed by atoms with van der Waals surface area (Å²) in [7, 11) is 1.44. The van der Waals surface area contributed by atoms with E-state index in [1.165, 1.54) is 12.0 Å². The van der Waals surface area contributed by atoms with E-state index in [0.29, 0.717) is 14.8 Å². The fourth-order valence-electron chi connectivity index (χ4n) is 7.12. The summed E-state index contributed by atoms with van der Waals surface area (Å²) in [6.07, 6.45) is 2.34. The number of phenols is 1. The molecule has 6 unspecified atom stereocenters. The first-order chi connectivity index (χ1) is 18.1. The van der Waals surface area contributed by atoms with Gasteiger partial charge in [0, 0.05) is 5.92 Å². The Balaban J connectivity index is 1.57. The van der Waals surface area contributed by atoms with E-state index in [1.807, 2.05) is 28.7 Å². The maximum Gasteiger partial charge on any atom is 0.257 e. The van der Waals surface area contributed by atoms with E-state index in [4.69, 9.17) is 4.74 Å². The first-order valence-corrected chi connectivity index (χ1v) is 13.5. The van der Waals surface area contributed by atoms with Crippen LogP contribution in [-0.4, -0.2) is 46.1 Å². The van der Waals surface area contributed by atoms with E-state index in [1.54, 1.807) is 49.4 Å². The third-order valence-corrected chi connectivity index (χ3v) is 9.69. The summed E-state index contributed by atoms with van der Waals surface area (Å²) in [4.78, 5) is 55.2. The second kappa shape index (κ2) is 8.63. The first-order valence-electron chi connectivity index (χ1n) is 12.4. The molecule has 0 radical (unpaired) electrons. The molecular weight excluding hydrogens is 603 g/mol. The van der Waals surface area contributed by atoms with E-state index < -0.39 is 46.8 Å². The molecular formula is C28H25IN2O7. The number of para-hydroxylation sites is 1. The molecule has 9 nitrogen and oxygen atoms in total. The number of halogens is 1. The van der Waals surface area contributed by atoms with Gasteiger partial charge in [0.15, 0.2) is 11.5 Å².